The van der Waals surface area contributed by atoms with Crippen LogP contribution in [0.15, 0.2) is 36.5 Å². The third-order valence-electron chi connectivity index (χ3n) is 13.2. The molecular formula is C59H111NO5. The summed E-state index contributed by atoms with van der Waals surface area (Å²) < 4.78 is 5.47. The lowest BCUT2D eigenvalue weighted by molar-refractivity contribution is -0.143. The molecule has 0 aliphatic heterocycles. The van der Waals surface area contributed by atoms with Crippen LogP contribution in [0.2, 0.25) is 0 Å². The van der Waals surface area contributed by atoms with E-state index in [1.807, 2.05) is 0 Å². The number of unbranched alkanes of at least 4 members (excludes halogenated alkanes) is 36. The summed E-state index contributed by atoms with van der Waals surface area (Å²) in [6, 6.07) is -0.553. The number of ether oxygens (including phenoxy) is 1. The monoisotopic (exact) mass is 914 g/mol. The highest BCUT2D eigenvalue weighted by Gasteiger charge is 2.20. The molecule has 0 fully saturated rings. The Hall–Kier alpha value is -1.92. The first-order chi connectivity index (χ1) is 32.0. The highest BCUT2D eigenvalue weighted by molar-refractivity contribution is 5.76. The lowest BCUT2D eigenvalue weighted by atomic mass is 10.0. The number of carbonyl (C=O) groups is 2. The molecule has 6 nitrogen and oxygen atoms in total. The van der Waals surface area contributed by atoms with E-state index in [1.165, 1.54) is 193 Å². The van der Waals surface area contributed by atoms with Gasteiger partial charge in [0.15, 0.2) is 0 Å². The SMILES string of the molecule is CCCCC/C=C\C/C=C\CCCCCCCCCCCC(=O)OCCCCCC/C=C\CCCCCCCCCC(=O)NC(CO)C(O)CCCCCCCCCCCCCCCC. The maximum Gasteiger partial charge on any atom is 0.305 e. The van der Waals surface area contributed by atoms with E-state index < -0.39 is 12.1 Å². The van der Waals surface area contributed by atoms with Gasteiger partial charge in [0, 0.05) is 12.8 Å². The van der Waals surface area contributed by atoms with Crippen molar-refractivity contribution in [1.82, 2.24) is 5.32 Å². The fourth-order valence-corrected chi connectivity index (χ4v) is 8.72. The van der Waals surface area contributed by atoms with Crippen LogP contribution in [0.4, 0.5) is 0 Å². The molecule has 0 aromatic rings. The number of esters is 1. The molecule has 0 aliphatic carbocycles. The average Bonchev–Trinajstić information content (AvgIpc) is 3.31. The van der Waals surface area contributed by atoms with Gasteiger partial charge in [-0.3, -0.25) is 9.59 Å². The quantitative estimate of drug-likeness (QED) is 0.0321. The van der Waals surface area contributed by atoms with Gasteiger partial charge in [-0.05, 0) is 83.5 Å². The molecule has 0 bridgehead atoms. The molecule has 6 heteroatoms. The molecule has 65 heavy (non-hydrogen) atoms. The third kappa shape index (κ3) is 51.3. The van der Waals surface area contributed by atoms with Crippen molar-refractivity contribution in [3.8, 4) is 0 Å². The number of aliphatic hydroxyl groups is 2. The van der Waals surface area contributed by atoms with Crippen LogP contribution in [0.1, 0.15) is 303 Å². The summed E-state index contributed by atoms with van der Waals surface area (Å²) in [7, 11) is 0. The van der Waals surface area contributed by atoms with E-state index in [0.29, 0.717) is 25.9 Å². The summed E-state index contributed by atoms with van der Waals surface area (Å²) >= 11 is 0. The number of nitrogens with one attached hydrogen (secondary N) is 1. The zero-order valence-corrected chi connectivity index (χ0v) is 43.5. The third-order valence-corrected chi connectivity index (χ3v) is 13.2. The summed E-state index contributed by atoms with van der Waals surface area (Å²) in [5.74, 6) is -0.0640. The fourth-order valence-electron chi connectivity index (χ4n) is 8.72. The summed E-state index contributed by atoms with van der Waals surface area (Å²) in [4.78, 5) is 24.5. The molecule has 0 rings (SSSR count). The van der Waals surface area contributed by atoms with Crippen molar-refractivity contribution in [2.24, 2.45) is 0 Å². The zero-order chi connectivity index (χ0) is 47.2. The van der Waals surface area contributed by atoms with Gasteiger partial charge in [0.1, 0.15) is 0 Å². The minimum absolute atomic E-state index is 0.0139. The molecule has 3 N–H and O–H groups in total. The second-order valence-corrected chi connectivity index (χ2v) is 19.6. The Morgan fingerprint density at radius 3 is 1.22 bits per heavy atom. The Kier molecular flexibility index (Phi) is 53.1. The van der Waals surface area contributed by atoms with E-state index >= 15 is 0 Å². The van der Waals surface area contributed by atoms with Gasteiger partial charge in [0.05, 0.1) is 25.4 Å². The standard InChI is InChI=1S/C59H111NO5/c1-3-5-7-9-11-13-15-17-19-20-21-22-25-29-33-37-41-45-49-53-59(64)65-54-50-46-42-38-34-30-26-23-24-28-32-36-40-44-48-52-58(63)60-56(55-61)57(62)51-47-43-39-35-31-27-18-16-14-12-10-8-6-4-2/h11,13,17,19,26,30,56-57,61-62H,3-10,12,14-16,18,20-25,27-29,31-55H2,1-2H3,(H,60,63)/b13-11-,19-17-,30-26-. The Bertz CT molecular complexity index is 1060. The minimum Gasteiger partial charge on any atom is -0.466 e. The first kappa shape index (κ1) is 63.1. The smallest absolute Gasteiger partial charge is 0.305 e. The Balaban J connectivity index is 3.46. The number of hydrogen-bond acceptors (Lipinski definition) is 5. The number of rotatable bonds is 53. The summed E-state index contributed by atoms with van der Waals surface area (Å²) in [6.45, 7) is 4.90. The lowest BCUT2D eigenvalue weighted by Gasteiger charge is -2.22. The van der Waals surface area contributed by atoms with Gasteiger partial charge >= 0.3 is 5.97 Å². The van der Waals surface area contributed by atoms with E-state index in [4.69, 9.17) is 4.74 Å². The molecule has 0 radical (unpaired) electrons. The first-order valence-corrected chi connectivity index (χ1v) is 28.7. The first-order valence-electron chi connectivity index (χ1n) is 28.7. The van der Waals surface area contributed by atoms with Crippen molar-refractivity contribution >= 4 is 11.9 Å². The highest BCUT2D eigenvalue weighted by atomic mass is 16.5. The summed E-state index contributed by atoms with van der Waals surface area (Å²) in [5, 5.41) is 23.2. The van der Waals surface area contributed by atoms with Crippen LogP contribution in [-0.2, 0) is 14.3 Å². The average molecular weight is 915 g/mol. The predicted octanol–water partition coefficient (Wildman–Crippen LogP) is 17.6. The second kappa shape index (κ2) is 54.7. The number of allylic oxidation sites excluding steroid dienone is 6. The topological polar surface area (TPSA) is 95.9 Å². The number of hydrogen-bond donors (Lipinski definition) is 3. The number of carbonyl (C=O) groups excluding carboxylic acids is 2. The minimum atomic E-state index is -0.674. The number of amides is 1. The maximum atomic E-state index is 12.5. The summed E-state index contributed by atoms with van der Waals surface area (Å²) in [6.07, 6.45) is 67.0. The lowest BCUT2D eigenvalue weighted by Crippen LogP contribution is -2.45. The molecule has 0 saturated heterocycles. The van der Waals surface area contributed by atoms with Crippen molar-refractivity contribution in [2.75, 3.05) is 13.2 Å². The van der Waals surface area contributed by atoms with E-state index in [0.717, 1.165) is 77.0 Å². The van der Waals surface area contributed by atoms with Crippen molar-refractivity contribution in [3.63, 3.8) is 0 Å². The highest BCUT2D eigenvalue weighted by Crippen LogP contribution is 2.16. The van der Waals surface area contributed by atoms with Gasteiger partial charge in [0.25, 0.3) is 0 Å². The van der Waals surface area contributed by atoms with Gasteiger partial charge in [0.2, 0.25) is 5.91 Å². The Morgan fingerprint density at radius 1 is 0.431 bits per heavy atom. The van der Waals surface area contributed by atoms with Gasteiger partial charge in [-0.15, -0.1) is 0 Å². The molecule has 2 atom stereocenters. The maximum absolute atomic E-state index is 12.5. The second-order valence-electron chi connectivity index (χ2n) is 19.6. The molecule has 0 spiro atoms. The molecular weight excluding hydrogens is 803 g/mol. The van der Waals surface area contributed by atoms with Crippen LogP contribution in [0.3, 0.4) is 0 Å². The van der Waals surface area contributed by atoms with Crippen LogP contribution in [0, 0.1) is 0 Å². The van der Waals surface area contributed by atoms with E-state index in [9.17, 15) is 19.8 Å². The van der Waals surface area contributed by atoms with E-state index in [-0.39, 0.29) is 18.5 Å². The zero-order valence-electron chi connectivity index (χ0n) is 43.5. The normalized spacial score (nSPS) is 12.9. The van der Waals surface area contributed by atoms with Gasteiger partial charge in [-0.2, -0.15) is 0 Å². The van der Waals surface area contributed by atoms with Crippen LogP contribution >= 0.6 is 0 Å². The predicted molar refractivity (Wildman–Crippen MR) is 283 cm³/mol. The Morgan fingerprint density at radius 2 is 0.769 bits per heavy atom. The van der Waals surface area contributed by atoms with E-state index in [1.54, 1.807) is 0 Å². The largest absolute Gasteiger partial charge is 0.466 e. The number of aliphatic hydroxyl groups excluding tert-OH is 2. The summed E-state index contributed by atoms with van der Waals surface area (Å²) in [5.41, 5.74) is 0. The van der Waals surface area contributed by atoms with Gasteiger partial charge < -0.3 is 20.3 Å². The van der Waals surface area contributed by atoms with Crippen LogP contribution in [-0.4, -0.2) is 47.4 Å². The molecule has 1 amide bonds. The molecule has 0 aromatic carbocycles. The van der Waals surface area contributed by atoms with Gasteiger partial charge in [-0.25, -0.2) is 0 Å². The van der Waals surface area contributed by atoms with E-state index in [2.05, 4.69) is 55.6 Å². The van der Waals surface area contributed by atoms with Crippen molar-refractivity contribution in [3.05, 3.63) is 36.5 Å². The van der Waals surface area contributed by atoms with Crippen molar-refractivity contribution in [2.45, 2.75) is 315 Å². The Labute approximate surface area is 404 Å². The van der Waals surface area contributed by atoms with Crippen molar-refractivity contribution < 1.29 is 24.5 Å². The molecule has 382 valence electrons. The van der Waals surface area contributed by atoms with Crippen LogP contribution in [0.25, 0.3) is 0 Å². The molecule has 0 heterocycles. The molecule has 2 unspecified atom stereocenters. The fraction of sp³-hybridized carbons (Fsp3) is 0.864. The van der Waals surface area contributed by atoms with Crippen molar-refractivity contribution in [1.29, 1.82) is 0 Å². The molecule has 0 saturated carbocycles. The van der Waals surface area contributed by atoms with Gasteiger partial charge in [-0.1, -0.05) is 243 Å². The van der Waals surface area contributed by atoms with Crippen LogP contribution in [0.5, 0.6) is 0 Å². The molecule has 0 aromatic heterocycles. The molecule has 0 aliphatic rings. The van der Waals surface area contributed by atoms with Crippen LogP contribution < -0.4 is 5.32 Å².